The largest absolute Gasteiger partial charge is 0.462 e. The Kier molecular flexibility index (Phi) is 11.4. The van der Waals surface area contributed by atoms with Crippen molar-refractivity contribution in [1.82, 2.24) is 9.97 Å². The van der Waals surface area contributed by atoms with E-state index in [1.165, 1.54) is 24.6 Å². The van der Waals surface area contributed by atoms with Gasteiger partial charge in [-0.1, -0.05) is 12.1 Å². The van der Waals surface area contributed by atoms with E-state index in [1.54, 1.807) is 38.1 Å². The van der Waals surface area contributed by atoms with Crippen LogP contribution in [0.1, 0.15) is 19.4 Å². The predicted molar refractivity (Wildman–Crippen MR) is 176 cm³/mol. The lowest BCUT2D eigenvalue weighted by Gasteiger charge is -2.17. The molecule has 2 atom stereocenters. The molecule has 4 aromatic rings. The summed E-state index contributed by atoms with van der Waals surface area (Å²) in [5, 5.41) is 20.7. The van der Waals surface area contributed by atoms with Gasteiger partial charge in [0.2, 0.25) is 5.95 Å². The first kappa shape index (κ1) is 36.5. The van der Waals surface area contributed by atoms with Crippen molar-refractivity contribution in [3.8, 4) is 11.1 Å². The average molecular weight is 707 g/mol. The van der Waals surface area contributed by atoms with Gasteiger partial charge in [-0.05, 0) is 67.9 Å². The highest BCUT2D eigenvalue weighted by Gasteiger charge is 2.31. The van der Waals surface area contributed by atoms with E-state index in [4.69, 9.17) is 4.74 Å². The number of aliphatic hydroxyl groups is 1. The van der Waals surface area contributed by atoms with Crippen LogP contribution in [-0.4, -0.2) is 62.2 Å². The number of esters is 1. The number of carbonyl (C=O) groups is 2. The van der Waals surface area contributed by atoms with Crippen LogP contribution >= 0.6 is 0 Å². The van der Waals surface area contributed by atoms with Crippen molar-refractivity contribution in [1.29, 1.82) is 0 Å². The maximum absolute atomic E-state index is 15.2. The van der Waals surface area contributed by atoms with Crippen molar-refractivity contribution in [3.05, 3.63) is 84.1 Å². The van der Waals surface area contributed by atoms with Crippen molar-refractivity contribution in [2.45, 2.75) is 31.0 Å². The van der Waals surface area contributed by atoms with Crippen LogP contribution in [0, 0.1) is 11.6 Å². The summed E-state index contributed by atoms with van der Waals surface area (Å²) in [6.45, 7) is 3.15. The number of aromatic nitrogens is 2. The van der Waals surface area contributed by atoms with Gasteiger partial charge in [-0.2, -0.15) is 18.2 Å². The topological polar surface area (TPSA) is 155 Å². The third-order valence-electron chi connectivity index (χ3n) is 6.68. The zero-order valence-corrected chi connectivity index (χ0v) is 27.0. The molecule has 1 heterocycles. The summed E-state index contributed by atoms with van der Waals surface area (Å²) < 4.78 is 86.3. The molecule has 0 radical (unpaired) electrons. The monoisotopic (exact) mass is 706 g/mol. The number of anilines is 5. The number of alkyl halides is 3. The number of halogens is 5. The summed E-state index contributed by atoms with van der Waals surface area (Å²) in [5.41, 5.74) is -1.33. The summed E-state index contributed by atoms with van der Waals surface area (Å²) in [7, 11) is -2.90. The van der Waals surface area contributed by atoms with E-state index in [0.29, 0.717) is 34.3 Å². The fourth-order valence-electron chi connectivity index (χ4n) is 4.28. The van der Waals surface area contributed by atoms with Crippen molar-refractivity contribution >= 4 is 55.7 Å². The number of amides is 2. The van der Waals surface area contributed by atoms with E-state index in [-0.39, 0.29) is 36.2 Å². The van der Waals surface area contributed by atoms with E-state index in [9.17, 15) is 36.5 Å². The third-order valence-corrected chi connectivity index (χ3v) is 8.51. The van der Waals surface area contributed by atoms with Gasteiger partial charge in [0.05, 0.1) is 35.5 Å². The molecule has 4 rings (SSSR count). The van der Waals surface area contributed by atoms with Gasteiger partial charge in [0.15, 0.2) is 0 Å². The zero-order valence-electron chi connectivity index (χ0n) is 26.2. The van der Waals surface area contributed by atoms with E-state index < -0.39 is 56.6 Å². The molecule has 2 amide bonds. The normalized spacial score (nSPS) is 13.1. The summed E-state index contributed by atoms with van der Waals surface area (Å²) in [5.74, 6) is -2.53. The lowest BCUT2D eigenvalue weighted by Crippen LogP contribution is -2.21. The Labute approximate surface area is 277 Å². The Hall–Kier alpha value is -5.29. The summed E-state index contributed by atoms with van der Waals surface area (Å²) in [4.78, 5) is 33.4. The van der Waals surface area contributed by atoms with Crippen LogP contribution in [0.5, 0.6) is 0 Å². The van der Waals surface area contributed by atoms with Crippen molar-refractivity contribution in [2.24, 2.45) is 0 Å². The molecule has 1 unspecified atom stereocenters. The molecule has 0 aliphatic rings. The Morgan fingerprint density at radius 1 is 1.02 bits per heavy atom. The average Bonchev–Trinajstić information content (AvgIpc) is 3.02. The van der Waals surface area contributed by atoms with Gasteiger partial charge in [-0.3, -0.25) is 4.21 Å². The maximum atomic E-state index is 15.2. The zero-order chi connectivity index (χ0) is 35.9. The SMILES string of the molecule is CCOC(=O)C=S(C)(=O)c1cccc(Nc2ncc(-c3ccc(NC(=O)Nc4cc(C(F)(F)F)ccc4F)c(F)c3)c(N[C@H](C)CO)n2)c1. The number of nitrogens with zero attached hydrogens (tertiary/aromatic N) is 2. The quantitative estimate of drug-likeness (QED) is 0.0691. The van der Waals surface area contributed by atoms with E-state index in [0.717, 1.165) is 11.4 Å². The molecule has 0 fully saturated rings. The molecule has 3 aromatic carbocycles. The summed E-state index contributed by atoms with van der Waals surface area (Å²) in [6, 6.07) is 9.84. The van der Waals surface area contributed by atoms with Crippen LogP contribution in [0.3, 0.4) is 0 Å². The Balaban J connectivity index is 1.57. The standard InChI is InChI=1S/C32H31F5N6O5S/c1-4-48-28(45)17-49(3,47)22-7-5-6-21(14-22)40-30-38-15-23(29(43-30)39-18(2)16-44)19-8-11-26(25(34)12-19)41-31(46)42-27-13-20(32(35,36)37)9-10-24(27)33/h5-15,17-18,44H,4,16H2,1-3H3,(H2,41,42,46)(H2,38,39,40,43)/t18-,49?/m1/s1. The number of benzene rings is 3. The Morgan fingerprint density at radius 2 is 1.76 bits per heavy atom. The van der Waals surface area contributed by atoms with Gasteiger partial charge >= 0.3 is 18.2 Å². The van der Waals surface area contributed by atoms with Gasteiger partial charge < -0.3 is 31.1 Å². The molecular weight excluding hydrogens is 675 g/mol. The molecule has 1 aromatic heterocycles. The van der Waals surface area contributed by atoms with Crippen LogP contribution in [0.15, 0.2) is 71.8 Å². The number of carbonyl (C=O) groups excluding carboxylic acids is 2. The molecule has 0 spiro atoms. The minimum absolute atomic E-state index is 0.0720. The smallest absolute Gasteiger partial charge is 0.416 e. The summed E-state index contributed by atoms with van der Waals surface area (Å²) >= 11 is 0. The lowest BCUT2D eigenvalue weighted by atomic mass is 10.1. The van der Waals surface area contributed by atoms with Crippen molar-refractivity contribution < 1.29 is 45.6 Å². The molecule has 0 aliphatic heterocycles. The molecular formula is C32H31F5N6O5S. The first-order chi connectivity index (χ1) is 23.1. The first-order valence-corrected chi connectivity index (χ1v) is 16.5. The second-order valence-electron chi connectivity index (χ2n) is 10.6. The summed E-state index contributed by atoms with van der Waals surface area (Å²) in [6.07, 6.45) is -2.01. The van der Waals surface area contributed by atoms with Crippen LogP contribution in [-0.2, 0) is 25.2 Å². The highest BCUT2D eigenvalue weighted by Crippen LogP contribution is 2.33. The van der Waals surface area contributed by atoms with Crippen LogP contribution in [0.25, 0.3) is 11.1 Å². The van der Waals surface area contributed by atoms with Crippen molar-refractivity contribution in [3.63, 3.8) is 0 Å². The molecule has 17 heteroatoms. The number of urea groups is 1. The molecule has 0 saturated carbocycles. The number of nitrogens with one attached hydrogen (secondary N) is 4. The second-order valence-corrected chi connectivity index (χ2v) is 13.1. The molecule has 5 N–H and O–H groups in total. The van der Waals surface area contributed by atoms with Gasteiger partial charge in [0.1, 0.15) is 17.5 Å². The van der Waals surface area contributed by atoms with Crippen LogP contribution in [0.2, 0.25) is 0 Å². The number of aliphatic hydroxyl groups excluding tert-OH is 1. The molecule has 0 saturated heterocycles. The fraction of sp³-hybridized carbons (Fsp3) is 0.219. The molecule has 11 nitrogen and oxygen atoms in total. The number of ether oxygens (including phenoxy) is 1. The van der Waals surface area contributed by atoms with Crippen LogP contribution < -0.4 is 21.3 Å². The van der Waals surface area contributed by atoms with Crippen molar-refractivity contribution in [2.75, 3.05) is 40.7 Å². The minimum Gasteiger partial charge on any atom is -0.462 e. The van der Waals surface area contributed by atoms with Gasteiger partial charge in [0, 0.05) is 44.2 Å². The van der Waals surface area contributed by atoms with Crippen LogP contribution in [0.4, 0.5) is 55.6 Å². The van der Waals surface area contributed by atoms with Gasteiger partial charge in [-0.15, -0.1) is 0 Å². The fourth-order valence-corrected chi connectivity index (χ4v) is 5.56. The highest BCUT2D eigenvalue weighted by molar-refractivity contribution is 8.01. The Morgan fingerprint density at radius 3 is 2.43 bits per heavy atom. The first-order valence-electron chi connectivity index (χ1n) is 14.5. The van der Waals surface area contributed by atoms with E-state index in [1.807, 2.05) is 5.32 Å². The van der Waals surface area contributed by atoms with E-state index >= 15 is 4.39 Å². The number of rotatable bonds is 11. The van der Waals surface area contributed by atoms with Gasteiger partial charge in [-0.25, -0.2) is 23.4 Å². The highest BCUT2D eigenvalue weighted by atomic mass is 32.2. The third kappa shape index (κ3) is 9.64. The second kappa shape index (κ2) is 15.3. The maximum Gasteiger partial charge on any atom is 0.416 e. The lowest BCUT2D eigenvalue weighted by molar-refractivity contribution is -0.137. The van der Waals surface area contributed by atoms with Gasteiger partial charge in [0.25, 0.3) is 0 Å². The Bertz CT molecular complexity index is 1980. The van der Waals surface area contributed by atoms with E-state index in [2.05, 4.69) is 25.9 Å². The molecule has 49 heavy (non-hydrogen) atoms. The molecule has 260 valence electrons. The minimum atomic E-state index is -4.78. The number of hydrogen-bond donors (Lipinski definition) is 5. The molecule has 0 aliphatic carbocycles. The molecule has 0 bridgehead atoms. The predicted octanol–water partition coefficient (Wildman–Crippen LogP) is 6.26. The number of hydrogen-bond acceptors (Lipinski definition) is 9.